The number of hydrogen-bond acceptors (Lipinski definition) is 7. The van der Waals surface area contributed by atoms with Crippen molar-refractivity contribution in [1.29, 1.82) is 0 Å². The maximum Gasteiger partial charge on any atom is 0.333 e. The molecule has 0 aromatic rings. The third-order valence-electron chi connectivity index (χ3n) is 5.12. The number of cyclic esters (lactones) is 1. The number of fused-ring (bicyclic) bond motifs is 5. The Kier molecular flexibility index (Phi) is 4.14. The highest BCUT2D eigenvalue weighted by molar-refractivity contribution is 5.86. The van der Waals surface area contributed by atoms with E-state index in [4.69, 9.17) is 14.2 Å². The van der Waals surface area contributed by atoms with Gasteiger partial charge in [0.25, 0.3) is 0 Å². The van der Waals surface area contributed by atoms with E-state index in [1.807, 2.05) is 0 Å². The molecule has 2 aliphatic carbocycles. The lowest BCUT2D eigenvalue weighted by Crippen LogP contribution is -2.35. The Bertz CT molecular complexity index is 555. The first-order chi connectivity index (χ1) is 10.9. The molecular formula is C16H20O7. The van der Waals surface area contributed by atoms with Crippen molar-refractivity contribution in [2.24, 2.45) is 29.6 Å². The highest BCUT2D eigenvalue weighted by Crippen LogP contribution is 2.59. The van der Waals surface area contributed by atoms with Gasteiger partial charge in [-0.15, -0.1) is 0 Å². The molecule has 0 radical (unpaired) electrons. The summed E-state index contributed by atoms with van der Waals surface area (Å²) in [5, 5.41) is 9.77. The minimum atomic E-state index is -1.04. The third kappa shape index (κ3) is 2.73. The highest BCUT2D eigenvalue weighted by atomic mass is 16.6. The summed E-state index contributed by atoms with van der Waals surface area (Å²) in [5.74, 6) is -2.26. The Morgan fingerprint density at radius 1 is 1.30 bits per heavy atom. The molecule has 1 aliphatic heterocycles. The van der Waals surface area contributed by atoms with Crippen molar-refractivity contribution in [2.45, 2.75) is 26.1 Å². The van der Waals surface area contributed by atoms with Crippen molar-refractivity contribution in [3.8, 4) is 0 Å². The van der Waals surface area contributed by atoms with E-state index < -0.39 is 24.1 Å². The van der Waals surface area contributed by atoms with E-state index in [9.17, 15) is 19.5 Å². The molecule has 1 saturated heterocycles. The van der Waals surface area contributed by atoms with Crippen LogP contribution in [0.15, 0.2) is 12.2 Å². The summed E-state index contributed by atoms with van der Waals surface area (Å²) in [6.07, 6.45) is 0.302. The Labute approximate surface area is 133 Å². The van der Waals surface area contributed by atoms with Crippen LogP contribution in [0.5, 0.6) is 0 Å². The summed E-state index contributed by atoms with van der Waals surface area (Å²) in [6.45, 7) is 4.95. The zero-order valence-corrected chi connectivity index (χ0v) is 12.9. The number of aliphatic hydroxyl groups excluding tert-OH is 1. The molecule has 3 fully saturated rings. The van der Waals surface area contributed by atoms with Crippen LogP contribution in [0.4, 0.5) is 0 Å². The van der Waals surface area contributed by atoms with Gasteiger partial charge in [0.1, 0.15) is 13.2 Å². The van der Waals surface area contributed by atoms with Gasteiger partial charge in [0, 0.05) is 11.5 Å². The molecule has 3 rings (SSSR count). The predicted octanol–water partition coefficient (Wildman–Crippen LogP) is 0.412. The Morgan fingerprint density at radius 2 is 2.00 bits per heavy atom. The van der Waals surface area contributed by atoms with Gasteiger partial charge < -0.3 is 19.3 Å². The van der Waals surface area contributed by atoms with Gasteiger partial charge in [0.05, 0.1) is 11.8 Å². The van der Waals surface area contributed by atoms with E-state index >= 15 is 0 Å². The van der Waals surface area contributed by atoms with Gasteiger partial charge >= 0.3 is 17.9 Å². The lowest BCUT2D eigenvalue weighted by Gasteiger charge is -2.27. The molecule has 126 valence electrons. The zero-order valence-electron chi connectivity index (χ0n) is 12.9. The molecule has 2 bridgehead atoms. The Morgan fingerprint density at radius 3 is 2.70 bits per heavy atom. The zero-order chi connectivity index (χ0) is 16.7. The van der Waals surface area contributed by atoms with Crippen molar-refractivity contribution in [1.82, 2.24) is 0 Å². The van der Waals surface area contributed by atoms with Crippen LogP contribution < -0.4 is 0 Å². The number of hydrogen-bond donors (Lipinski definition) is 1. The summed E-state index contributed by atoms with van der Waals surface area (Å²) in [7, 11) is 0. The molecule has 6 atom stereocenters. The minimum absolute atomic E-state index is 0.0209. The average Bonchev–Trinajstić information content (AvgIpc) is 3.15. The largest absolute Gasteiger partial charge is 0.462 e. The molecule has 3 aliphatic rings. The van der Waals surface area contributed by atoms with Gasteiger partial charge in [0.15, 0.2) is 0 Å². The molecule has 0 aromatic carbocycles. The Balaban J connectivity index is 1.50. The second-order valence-electron chi connectivity index (χ2n) is 6.52. The number of carbonyl (C=O) groups is 3. The fourth-order valence-corrected chi connectivity index (χ4v) is 4.20. The first-order valence-electron chi connectivity index (χ1n) is 7.78. The molecule has 23 heavy (non-hydrogen) atoms. The molecule has 1 heterocycles. The van der Waals surface area contributed by atoms with Gasteiger partial charge in [-0.2, -0.15) is 0 Å². The van der Waals surface area contributed by atoms with Crippen LogP contribution in [0.1, 0.15) is 19.8 Å². The van der Waals surface area contributed by atoms with Gasteiger partial charge in [-0.25, -0.2) is 4.79 Å². The first-order valence-corrected chi connectivity index (χ1v) is 7.78. The lowest BCUT2D eigenvalue weighted by molar-refractivity contribution is -0.159. The van der Waals surface area contributed by atoms with Gasteiger partial charge in [-0.1, -0.05) is 6.58 Å². The average molecular weight is 324 g/mol. The molecule has 7 heteroatoms. The Hall–Kier alpha value is -1.89. The van der Waals surface area contributed by atoms with Crippen LogP contribution in [0.2, 0.25) is 0 Å². The van der Waals surface area contributed by atoms with Crippen LogP contribution in [0.25, 0.3) is 0 Å². The third-order valence-corrected chi connectivity index (χ3v) is 5.12. The molecule has 7 nitrogen and oxygen atoms in total. The second-order valence-corrected chi connectivity index (χ2v) is 6.52. The van der Waals surface area contributed by atoms with Crippen molar-refractivity contribution in [3.63, 3.8) is 0 Å². The fourth-order valence-electron chi connectivity index (χ4n) is 4.20. The monoisotopic (exact) mass is 324 g/mol. The van der Waals surface area contributed by atoms with Crippen molar-refractivity contribution >= 4 is 17.9 Å². The topological polar surface area (TPSA) is 99.1 Å². The van der Waals surface area contributed by atoms with Gasteiger partial charge in [-0.3, -0.25) is 9.59 Å². The first kappa shape index (κ1) is 16.0. The lowest BCUT2D eigenvalue weighted by atomic mass is 9.75. The summed E-state index contributed by atoms with van der Waals surface area (Å²) in [5.41, 5.74) is 0.286. The van der Waals surface area contributed by atoms with E-state index in [2.05, 4.69) is 6.58 Å². The second kappa shape index (κ2) is 5.96. The maximum absolute atomic E-state index is 12.2. The number of rotatable bonds is 5. The fraction of sp³-hybridized carbons (Fsp3) is 0.688. The van der Waals surface area contributed by atoms with Crippen molar-refractivity contribution in [2.75, 3.05) is 13.2 Å². The molecular weight excluding hydrogens is 304 g/mol. The molecule has 1 N–H and O–H groups in total. The number of aliphatic hydroxyl groups is 1. The smallest absolute Gasteiger partial charge is 0.333 e. The normalized spacial score (nSPS) is 37.2. The standard InChI is InChI=1S/C16H20O7/c1-7(2)13(17)21-3-4-22-14(18)10-6-8-5-9(10)12-11(8)15(19)23-16(12)20/h8-12,15,19H,1,3-6H2,2H3. The van der Waals surface area contributed by atoms with Crippen LogP contribution in [0, 0.1) is 29.6 Å². The quantitative estimate of drug-likeness (QED) is 0.338. The SMILES string of the molecule is C=C(C)C(=O)OCCOC(=O)C1CC2CC1C1C(=O)OC(O)C21. The van der Waals surface area contributed by atoms with Crippen molar-refractivity contribution in [3.05, 3.63) is 12.2 Å². The number of esters is 3. The number of ether oxygens (including phenoxy) is 3. The van der Waals surface area contributed by atoms with Crippen LogP contribution >= 0.6 is 0 Å². The predicted molar refractivity (Wildman–Crippen MR) is 75.5 cm³/mol. The molecule has 6 unspecified atom stereocenters. The maximum atomic E-state index is 12.2. The van der Waals surface area contributed by atoms with Crippen LogP contribution in [-0.2, 0) is 28.6 Å². The summed E-state index contributed by atoms with van der Waals surface area (Å²) >= 11 is 0. The molecule has 0 spiro atoms. The van der Waals surface area contributed by atoms with E-state index in [0.29, 0.717) is 6.42 Å². The molecule has 2 saturated carbocycles. The molecule has 0 aromatic heterocycles. The summed E-state index contributed by atoms with van der Waals surface area (Å²) in [6, 6.07) is 0. The van der Waals surface area contributed by atoms with Crippen LogP contribution in [-0.4, -0.2) is 42.5 Å². The minimum Gasteiger partial charge on any atom is -0.462 e. The summed E-state index contributed by atoms with van der Waals surface area (Å²) in [4.78, 5) is 35.2. The summed E-state index contributed by atoms with van der Waals surface area (Å²) < 4.78 is 14.9. The number of carbonyl (C=O) groups excluding carboxylic acids is 3. The molecule has 0 amide bonds. The van der Waals surface area contributed by atoms with E-state index in [0.717, 1.165) is 6.42 Å². The van der Waals surface area contributed by atoms with Crippen molar-refractivity contribution < 1.29 is 33.7 Å². The highest BCUT2D eigenvalue weighted by Gasteiger charge is 2.64. The van der Waals surface area contributed by atoms with E-state index in [1.165, 1.54) is 6.92 Å². The van der Waals surface area contributed by atoms with E-state index in [-0.39, 0.29) is 48.4 Å². The van der Waals surface area contributed by atoms with Crippen LogP contribution in [0.3, 0.4) is 0 Å². The van der Waals surface area contributed by atoms with Gasteiger partial charge in [-0.05, 0) is 31.6 Å². The van der Waals surface area contributed by atoms with Gasteiger partial charge in [0.2, 0.25) is 6.29 Å². The van der Waals surface area contributed by atoms with E-state index in [1.54, 1.807) is 0 Å².